The molecule has 8 heteroatoms. The van der Waals surface area contributed by atoms with Crippen LogP contribution in [0.25, 0.3) is 0 Å². The number of hydrogen-bond acceptors (Lipinski definition) is 4. The molecule has 1 aromatic carbocycles. The summed E-state index contributed by atoms with van der Waals surface area (Å²) in [5.74, 6) is -0.614. The van der Waals surface area contributed by atoms with Gasteiger partial charge < -0.3 is 10.2 Å². The van der Waals surface area contributed by atoms with Crippen LogP contribution < -0.4 is 10.2 Å². The molecule has 27 heavy (non-hydrogen) atoms. The fourth-order valence-corrected chi connectivity index (χ4v) is 3.73. The summed E-state index contributed by atoms with van der Waals surface area (Å²) in [6, 6.07) is 9.02. The molecule has 0 aliphatic carbocycles. The molecule has 0 saturated carbocycles. The Labute approximate surface area is 160 Å². The van der Waals surface area contributed by atoms with Gasteiger partial charge >= 0.3 is 6.03 Å². The van der Waals surface area contributed by atoms with E-state index in [-0.39, 0.29) is 28.6 Å². The predicted molar refractivity (Wildman–Crippen MR) is 101 cm³/mol. The first-order chi connectivity index (χ1) is 13.1. The average molecular weight is 385 g/mol. The number of pyridine rings is 1. The molecule has 2 aliphatic rings. The molecule has 4 rings (SSSR count). The molecule has 4 amide bonds. The van der Waals surface area contributed by atoms with Gasteiger partial charge in [0.2, 0.25) is 0 Å². The third-order valence-electron chi connectivity index (χ3n) is 4.79. The number of imide groups is 1. The highest BCUT2D eigenvalue weighted by Gasteiger charge is 2.47. The summed E-state index contributed by atoms with van der Waals surface area (Å²) in [4.78, 5) is 44.3. The number of nitrogens with zero attached hydrogens (tertiary/aromatic N) is 3. The molecular formula is C19H17ClN4O3. The van der Waals surface area contributed by atoms with Crippen molar-refractivity contribution in [2.24, 2.45) is 0 Å². The SMILES string of the molecule is O=C(Nc1ccc(N2C(=O)C3CCCCN3C2=O)c(Cl)c1)c1ccccn1. The van der Waals surface area contributed by atoms with E-state index in [9.17, 15) is 14.4 Å². The summed E-state index contributed by atoms with van der Waals surface area (Å²) in [6.07, 6.45) is 4.04. The van der Waals surface area contributed by atoms with Crippen LogP contribution >= 0.6 is 11.6 Å². The predicted octanol–water partition coefficient (Wildman–Crippen LogP) is 3.31. The minimum atomic E-state index is -0.397. The highest BCUT2D eigenvalue weighted by Crippen LogP contribution is 2.35. The Hall–Kier alpha value is -2.93. The number of anilines is 2. The van der Waals surface area contributed by atoms with Crippen LogP contribution in [0.15, 0.2) is 42.6 Å². The first-order valence-corrected chi connectivity index (χ1v) is 9.10. The molecule has 138 valence electrons. The third kappa shape index (κ3) is 3.14. The Balaban J connectivity index is 1.56. The summed E-state index contributed by atoms with van der Waals surface area (Å²) in [6.45, 7) is 0.585. The second-order valence-corrected chi connectivity index (χ2v) is 6.90. The molecule has 1 atom stereocenters. The molecular weight excluding hydrogens is 368 g/mol. The fourth-order valence-electron chi connectivity index (χ4n) is 3.47. The highest BCUT2D eigenvalue weighted by molar-refractivity contribution is 6.36. The number of carbonyl (C=O) groups excluding carboxylic acids is 3. The van der Waals surface area contributed by atoms with Gasteiger partial charge in [0.15, 0.2) is 0 Å². The highest BCUT2D eigenvalue weighted by atomic mass is 35.5. The summed E-state index contributed by atoms with van der Waals surface area (Å²) in [5, 5.41) is 2.92. The lowest BCUT2D eigenvalue weighted by molar-refractivity contribution is -0.120. The van der Waals surface area contributed by atoms with Gasteiger partial charge in [-0.15, -0.1) is 0 Å². The van der Waals surface area contributed by atoms with Crippen molar-refractivity contribution in [3.8, 4) is 0 Å². The summed E-state index contributed by atoms with van der Waals surface area (Å²) < 4.78 is 0. The average Bonchev–Trinajstić information content (AvgIpc) is 2.94. The van der Waals surface area contributed by atoms with E-state index in [1.807, 2.05) is 0 Å². The summed E-state index contributed by atoms with van der Waals surface area (Å²) in [5.41, 5.74) is 1.06. The van der Waals surface area contributed by atoms with Gasteiger partial charge in [0, 0.05) is 18.4 Å². The number of piperidine rings is 1. The Morgan fingerprint density at radius 3 is 2.74 bits per heavy atom. The number of aromatic nitrogens is 1. The number of urea groups is 1. The van der Waals surface area contributed by atoms with Gasteiger partial charge in [-0.25, -0.2) is 9.69 Å². The Morgan fingerprint density at radius 2 is 2.04 bits per heavy atom. The number of fused-ring (bicyclic) bond motifs is 1. The molecule has 2 aromatic rings. The number of halogens is 1. The van der Waals surface area contributed by atoms with Gasteiger partial charge in [-0.3, -0.25) is 14.6 Å². The van der Waals surface area contributed by atoms with Crippen LogP contribution in [0.5, 0.6) is 0 Å². The monoisotopic (exact) mass is 384 g/mol. The maximum atomic E-state index is 12.7. The van der Waals surface area contributed by atoms with Crippen LogP contribution in [0.4, 0.5) is 16.2 Å². The van der Waals surface area contributed by atoms with E-state index in [4.69, 9.17) is 11.6 Å². The van der Waals surface area contributed by atoms with Crippen LogP contribution in [-0.2, 0) is 4.79 Å². The Morgan fingerprint density at radius 1 is 1.19 bits per heavy atom. The molecule has 1 aromatic heterocycles. The van der Waals surface area contributed by atoms with Crippen molar-refractivity contribution in [1.29, 1.82) is 0 Å². The van der Waals surface area contributed by atoms with Crippen LogP contribution in [-0.4, -0.2) is 40.3 Å². The van der Waals surface area contributed by atoms with Crippen LogP contribution in [0.3, 0.4) is 0 Å². The Kier molecular flexibility index (Phi) is 4.53. The number of amides is 4. The molecule has 2 saturated heterocycles. The van der Waals surface area contributed by atoms with Gasteiger partial charge in [0.1, 0.15) is 11.7 Å². The molecule has 2 fully saturated rings. The quantitative estimate of drug-likeness (QED) is 0.823. The zero-order valence-corrected chi connectivity index (χ0v) is 15.1. The molecule has 3 heterocycles. The zero-order chi connectivity index (χ0) is 19.0. The first kappa shape index (κ1) is 17.5. The van der Waals surface area contributed by atoms with Gasteiger partial charge in [-0.1, -0.05) is 17.7 Å². The third-order valence-corrected chi connectivity index (χ3v) is 5.09. The number of benzene rings is 1. The minimum absolute atomic E-state index is 0.218. The molecule has 2 aliphatic heterocycles. The number of nitrogens with one attached hydrogen (secondary N) is 1. The molecule has 7 nitrogen and oxygen atoms in total. The van der Waals surface area contributed by atoms with E-state index < -0.39 is 6.04 Å². The van der Waals surface area contributed by atoms with Gasteiger partial charge in [0.25, 0.3) is 11.8 Å². The van der Waals surface area contributed by atoms with Crippen molar-refractivity contribution >= 4 is 40.8 Å². The van der Waals surface area contributed by atoms with Crippen molar-refractivity contribution in [2.45, 2.75) is 25.3 Å². The first-order valence-electron chi connectivity index (χ1n) is 8.73. The molecule has 0 radical (unpaired) electrons. The maximum absolute atomic E-state index is 12.7. The summed E-state index contributed by atoms with van der Waals surface area (Å²) in [7, 11) is 0. The van der Waals surface area contributed by atoms with Crippen molar-refractivity contribution in [3.63, 3.8) is 0 Å². The van der Waals surface area contributed by atoms with Crippen molar-refractivity contribution in [3.05, 3.63) is 53.3 Å². The van der Waals surface area contributed by atoms with E-state index in [0.29, 0.717) is 24.3 Å². The lowest BCUT2D eigenvalue weighted by atomic mass is 10.0. The lowest BCUT2D eigenvalue weighted by Gasteiger charge is -2.26. The van der Waals surface area contributed by atoms with E-state index in [0.717, 1.165) is 17.7 Å². The van der Waals surface area contributed by atoms with Crippen molar-refractivity contribution in [2.75, 3.05) is 16.8 Å². The van der Waals surface area contributed by atoms with E-state index >= 15 is 0 Å². The molecule has 0 bridgehead atoms. The largest absolute Gasteiger partial charge is 0.332 e. The fraction of sp³-hybridized carbons (Fsp3) is 0.263. The van der Waals surface area contributed by atoms with Gasteiger partial charge in [-0.2, -0.15) is 0 Å². The van der Waals surface area contributed by atoms with Crippen molar-refractivity contribution in [1.82, 2.24) is 9.88 Å². The van der Waals surface area contributed by atoms with Crippen molar-refractivity contribution < 1.29 is 14.4 Å². The van der Waals surface area contributed by atoms with E-state index in [1.165, 1.54) is 12.3 Å². The number of hydrogen-bond donors (Lipinski definition) is 1. The standard InChI is InChI=1S/C19H17ClN4O3/c20-13-11-12(22-17(25)14-5-1-3-9-21-14)7-8-15(13)24-18(26)16-6-2-4-10-23(16)19(24)27/h1,3,5,7-9,11,16H,2,4,6,10H2,(H,22,25). The summed E-state index contributed by atoms with van der Waals surface area (Å²) >= 11 is 6.34. The molecule has 0 spiro atoms. The normalized spacial score (nSPS) is 19.2. The molecule has 1 unspecified atom stereocenters. The van der Waals surface area contributed by atoms with Crippen LogP contribution in [0.1, 0.15) is 29.8 Å². The second-order valence-electron chi connectivity index (χ2n) is 6.50. The lowest BCUT2D eigenvalue weighted by Crippen LogP contribution is -2.39. The Bertz CT molecular complexity index is 894. The van der Waals surface area contributed by atoms with Crippen LogP contribution in [0.2, 0.25) is 5.02 Å². The minimum Gasteiger partial charge on any atom is -0.321 e. The van der Waals surface area contributed by atoms with Gasteiger partial charge in [0.05, 0.1) is 10.7 Å². The van der Waals surface area contributed by atoms with Crippen LogP contribution in [0, 0.1) is 0 Å². The topological polar surface area (TPSA) is 82.6 Å². The maximum Gasteiger partial charge on any atom is 0.332 e. The van der Waals surface area contributed by atoms with E-state index in [2.05, 4.69) is 10.3 Å². The number of carbonyl (C=O) groups is 3. The van der Waals surface area contributed by atoms with E-state index in [1.54, 1.807) is 35.2 Å². The van der Waals surface area contributed by atoms with Gasteiger partial charge in [-0.05, 0) is 49.6 Å². The second kappa shape index (κ2) is 7.00. The smallest absolute Gasteiger partial charge is 0.321 e. The molecule has 1 N–H and O–H groups in total. The number of rotatable bonds is 3. The zero-order valence-electron chi connectivity index (χ0n) is 14.4.